The van der Waals surface area contributed by atoms with E-state index in [0.29, 0.717) is 36.3 Å². The van der Waals surface area contributed by atoms with Crippen LogP contribution in [-0.4, -0.2) is 37.3 Å². The summed E-state index contributed by atoms with van der Waals surface area (Å²) >= 11 is 0. The molecular weight excluding hydrogens is 442 g/mol. The fourth-order valence-corrected chi connectivity index (χ4v) is 4.55. The lowest BCUT2D eigenvalue weighted by molar-refractivity contribution is -0.140. The zero-order chi connectivity index (χ0) is 26.1. The number of ether oxygens (including phenoxy) is 2. The van der Waals surface area contributed by atoms with Gasteiger partial charge in [-0.1, -0.05) is 71.1 Å². The lowest BCUT2D eigenvalue weighted by Crippen LogP contribution is -2.32. The van der Waals surface area contributed by atoms with Gasteiger partial charge < -0.3 is 14.8 Å². The van der Waals surface area contributed by atoms with E-state index in [1.807, 2.05) is 13.8 Å². The summed E-state index contributed by atoms with van der Waals surface area (Å²) in [6.07, 6.45) is 16.6. The number of methoxy groups -OCH3 is 1. The zero-order valence-electron chi connectivity index (χ0n) is 22.9. The minimum absolute atomic E-state index is 0.115. The van der Waals surface area contributed by atoms with E-state index in [9.17, 15) is 14.4 Å². The quantitative estimate of drug-likeness (QED) is 0.109. The van der Waals surface area contributed by atoms with Gasteiger partial charge in [0.1, 0.15) is 5.60 Å². The van der Waals surface area contributed by atoms with Gasteiger partial charge in [-0.15, -0.1) is 0 Å². The van der Waals surface area contributed by atoms with Crippen LogP contribution in [0.5, 0.6) is 0 Å². The minimum Gasteiger partial charge on any atom is -0.492 e. The molecule has 0 saturated carbocycles. The van der Waals surface area contributed by atoms with Crippen LogP contribution in [0.25, 0.3) is 0 Å². The van der Waals surface area contributed by atoms with Crippen LogP contribution in [0, 0.1) is 0 Å². The average molecular weight is 492 g/mol. The van der Waals surface area contributed by atoms with Crippen LogP contribution in [0.15, 0.2) is 22.6 Å². The molecule has 1 aliphatic rings. The van der Waals surface area contributed by atoms with Crippen molar-refractivity contribution in [1.29, 1.82) is 0 Å². The lowest BCUT2D eigenvalue weighted by atomic mass is 9.89. The van der Waals surface area contributed by atoms with E-state index in [-0.39, 0.29) is 17.3 Å². The number of Topliss-reactive ketones (excluding diaryl/α,β-unsaturated/α-hetero) is 2. The van der Waals surface area contributed by atoms with Gasteiger partial charge in [0.05, 0.1) is 12.8 Å². The normalized spacial score (nSPS) is 14.5. The van der Waals surface area contributed by atoms with Crippen molar-refractivity contribution in [2.24, 2.45) is 0 Å². The summed E-state index contributed by atoms with van der Waals surface area (Å²) in [7, 11) is 1.47. The molecule has 0 amide bonds. The predicted molar refractivity (Wildman–Crippen MR) is 141 cm³/mol. The van der Waals surface area contributed by atoms with Crippen molar-refractivity contribution in [3.8, 4) is 0 Å². The van der Waals surface area contributed by atoms with Crippen LogP contribution in [0.3, 0.4) is 0 Å². The van der Waals surface area contributed by atoms with Crippen LogP contribution < -0.4 is 5.32 Å². The molecule has 0 spiro atoms. The maximum absolute atomic E-state index is 13.2. The Morgan fingerprint density at radius 2 is 1.40 bits per heavy atom. The summed E-state index contributed by atoms with van der Waals surface area (Å²) in [4.78, 5) is 36.6. The third kappa shape index (κ3) is 11.4. The largest absolute Gasteiger partial charge is 0.492 e. The first-order chi connectivity index (χ1) is 16.8. The van der Waals surface area contributed by atoms with E-state index in [1.54, 1.807) is 6.92 Å². The summed E-state index contributed by atoms with van der Waals surface area (Å²) in [5.41, 5.74) is 0.823. The first-order valence-electron chi connectivity index (χ1n) is 13.7. The van der Waals surface area contributed by atoms with Gasteiger partial charge in [0.25, 0.3) is 6.47 Å². The third-order valence-electron chi connectivity index (χ3n) is 6.81. The fourth-order valence-electron chi connectivity index (χ4n) is 4.55. The second-order valence-electron chi connectivity index (χ2n) is 10.3. The van der Waals surface area contributed by atoms with E-state index in [2.05, 4.69) is 12.2 Å². The molecule has 0 saturated heterocycles. The second-order valence-corrected chi connectivity index (χ2v) is 10.3. The highest BCUT2D eigenvalue weighted by atomic mass is 16.5. The smallest absolute Gasteiger partial charge is 0.293 e. The molecule has 0 unspecified atom stereocenters. The molecule has 0 heterocycles. The Balaban J connectivity index is 2.45. The van der Waals surface area contributed by atoms with E-state index < -0.39 is 5.60 Å². The van der Waals surface area contributed by atoms with Gasteiger partial charge >= 0.3 is 0 Å². The number of carbonyl (C=O) groups excluding carboxylic acids is 3. The maximum Gasteiger partial charge on any atom is 0.293 e. The molecule has 6 nitrogen and oxygen atoms in total. The molecule has 1 aliphatic carbocycles. The molecule has 6 heteroatoms. The van der Waals surface area contributed by atoms with E-state index >= 15 is 0 Å². The number of allylic oxidation sites excluding steroid dienone is 2. The SMILES string of the molecule is CCCCCCCCCCCCCC1=C(OC)C(=O)C(C)=C(NCCCCC(C)(C)OC=O)C1=O. The van der Waals surface area contributed by atoms with Gasteiger partial charge in [-0.3, -0.25) is 14.4 Å². The Morgan fingerprint density at radius 3 is 1.94 bits per heavy atom. The third-order valence-corrected chi connectivity index (χ3v) is 6.81. The highest BCUT2D eigenvalue weighted by Crippen LogP contribution is 2.28. The van der Waals surface area contributed by atoms with Gasteiger partial charge in [-0.25, -0.2) is 0 Å². The molecule has 200 valence electrons. The first kappa shape index (κ1) is 30.9. The van der Waals surface area contributed by atoms with Gasteiger partial charge in [-0.05, 0) is 52.9 Å². The number of hydrogen-bond acceptors (Lipinski definition) is 6. The molecule has 0 aromatic carbocycles. The summed E-state index contributed by atoms with van der Waals surface area (Å²) < 4.78 is 10.4. The van der Waals surface area contributed by atoms with Gasteiger partial charge in [0.2, 0.25) is 11.6 Å². The molecule has 0 aromatic heterocycles. The van der Waals surface area contributed by atoms with E-state index in [4.69, 9.17) is 9.47 Å². The van der Waals surface area contributed by atoms with E-state index in [1.165, 1.54) is 58.5 Å². The van der Waals surface area contributed by atoms with Crippen LogP contribution in [0.1, 0.15) is 124 Å². The lowest BCUT2D eigenvalue weighted by Gasteiger charge is -2.23. The number of carbonyl (C=O) groups is 3. The van der Waals surface area contributed by atoms with Gasteiger partial charge in [0, 0.05) is 17.7 Å². The van der Waals surface area contributed by atoms with Gasteiger partial charge in [-0.2, -0.15) is 0 Å². The summed E-state index contributed by atoms with van der Waals surface area (Å²) in [5, 5.41) is 3.20. The Hall–Kier alpha value is -2.11. The number of unbranched alkanes of at least 4 members (excludes halogenated alkanes) is 11. The van der Waals surface area contributed by atoms with Crippen molar-refractivity contribution >= 4 is 18.0 Å². The average Bonchev–Trinajstić information content (AvgIpc) is 2.82. The zero-order valence-corrected chi connectivity index (χ0v) is 22.9. The number of hydrogen-bond donors (Lipinski definition) is 1. The monoisotopic (exact) mass is 491 g/mol. The molecular formula is C29H49NO5. The molecule has 0 radical (unpaired) electrons. The highest BCUT2D eigenvalue weighted by molar-refractivity contribution is 6.23. The standard InChI is InChI=1S/C29H49NO5/c1-6-7-8-9-10-11-12-13-14-15-16-19-24-27(33)25(23(2)26(32)28(24)34-5)30-21-18-17-20-29(3,4)35-22-31/h22,30H,6-21H2,1-5H3. The van der Waals surface area contributed by atoms with Crippen molar-refractivity contribution in [3.63, 3.8) is 0 Å². The minimum atomic E-state index is -0.495. The number of nitrogens with one attached hydrogen (secondary N) is 1. The predicted octanol–water partition coefficient (Wildman–Crippen LogP) is 6.73. The highest BCUT2D eigenvalue weighted by Gasteiger charge is 2.33. The van der Waals surface area contributed by atoms with Crippen LogP contribution in [0.2, 0.25) is 0 Å². The van der Waals surface area contributed by atoms with E-state index in [0.717, 1.165) is 38.5 Å². The van der Waals surface area contributed by atoms with Crippen molar-refractivity contribution in [3.05, 3.63) is 22.6 Å². The molecule has 1 rings (SSSR count). The molecule has 1 N–H and O–H groups in total. The number of rotatable bonds is 21. The summed E-state index contributed by atoms with van der Waals surface area (Å²) in [5.74, 6) is -0.110. The van der Waals surface area contributed by atoms with Crippen molar-refractivity contribution in [2.75, 3.05) is 13.7 Å². The van der Waals surface area contributed by atoms with Gasteiger partial charge in [0.15, 0.2) is 5.76 Å². The van der Waals surface area contributed by atoms with Crippen molar-refractivity contribution < 1.29 is 23.9 Å². The molecule has 35 heavy (non-hydrogen) atoms. The molecule has 0 aliphatic heterocycles. The van der Waals surface area contributed by atoms with Crippen LogP contribution in [0.4, 0.5) is 0 Å². The topological polar surface area (TPSA) is 81.7 Å². The maximum atomic E-state index is 13.2. The fraction of sp³-hybridized carbons (Fsp3) is 0.759. The number of ketones is 2. The molecule has 0 fully saturated rings. The molecule has 0 aromatic rings. The second kappa shape index (κ2) is 17.3. The Morgan fingerprint density at radius 1 is 0.829 bits per heavy atom. The molecule has 0 atom stereocenters. The Kier molecular flexibility index (Phi) is 15.3. The Bertz CT molecular complexity index is 735. The first-order valence-corrected chi connectivity index (χ1v) is 13.7. The van der Waals surface area contributed by atoms with Crippen LogP contribution >= 0.6 is 0 Å². The van der Waals surface area contributed by atoms with Crippen molar-refractivity contribution in [2.45, 2.75) is 130 Å². The van der Waals surface area contributed by atoms with Crippen LogP contribution in [-0.2, 0) is 23.9 Å². The summed E-state index contributed by atoms with van der Waals surface area (Å²) in [6.45, 7) is 8.75. The Labute approximate surface area is 213 Å². The van der Waals surface area contributed by atoms with Crippen molar-refractivity contribution in [1.82, 2.24) is 5.32 Å². The molecule has 0 bridgehead atoms. The summed E-state index contributed by atoms with van der Waals surface area (Å²) in [6, 6.07) is 0.